The van der Waals surface area contributed by atoms with E-state index in [0.29, 0.717) is 16.3 Å². The summed E-state index contributed by atoms with van der Waals surface area (Å²) in [5.41, 5.74) is 1.36. The summed E-state index contributed by atoms with van der Waals surface area (Å²) >= 11 is 6.12. The number of nitrogens with zero attached hydrogens (tertiary/aromatic N) is 1. The van der Waals surface area contributed by atoms with Gasteiger partial charge in [-0.25, -0.2) is 4.79 Å². The molecule has 2 amide bonds. The van der Waals surface area contributed by atoms with Crippen LogP contribution >= 0.6 is 11.6 Å². The molecule has 1 heterocycles. The van der Waals surface area contributed by atoms with Crippen molar-refractivity contribution in [2.24, 2.45) is 0 Å². The van der Waals surface area contributed by atoms with Crippen LogP contribution in [0.25, 0.3) is 0 Å². The van der Waals surface area contributed by atoms with Crippen LogP contribution in [0, 0.1) is 0 Å². The number of benzene rings is 2. The molecule has 1 atom stereocenters. The van der Waals surface area contributed by atoms with Gasteiger partial charge in [0.2, 0.25) is 11.8 Å². The van der Waals surface area contributed by atoms with Crippen LogP contribution < -0.4 is 4.90 Å². The first-order chi connectivity index (χ1) is 12.0. The Bertz CT molecular complexity index is 833. The van der Waals surface area contributed by atoms with E-state index >= 15 is 0 Å². The van der Waals surface area contributed by atoms with Crippen molar-refractivity contribution in [1.82, 2.24) is 0 Å². The zero-order chi connectivity index (χ0) is 18.0. The van der Waals surface area contributed by atoms with Crippen LogP contribution in [0.5, 0.6) is 0 Å². The van der Waals surface area contributed by atoms with Crippen molar-refractivity contribution in [3.8, 4) is 0 Å². The lowest BCUT2D eigenvalue weighted by Crippen LogP contribution is -2.28. The van der Waals surface area contributed by atoms with E-state index in [1.165, 1.54) is 6.07 Å². The minimum Gasteiger partial charge on any atom is -0.454 e. The Labute approximate surface area is 150 Å². The number of ether oxygens (including phenoxy) is 1. The second kappa shape index (κ2) is 7.07. The first-order valence-electron chi connectivity index (χ1n) is 7.88. The third kappa shape index (κ3) is 3.56. The molecule has 0 unspecified atom stereocenters. The molecule has 25 heavy (non-hydrogen) atoms. The summed E-state index contributed by atoms with van der Waals surface area (Å²) in [6.45, 7) is 1.73. The molecule has 0 saturated carbocycles. The minimum atomic E-state index is -0.548. The van der Waals surface area contributed by atoms with Gasteiger partial charge in [-0.15, -0.1) is 0 Å². The van der Waals surface area contributed by atoms with E-state index in [-0.39, 0.29) is 30.2 Å². The van der Waals surface area contributed by atoms with Gasteiger partial charge in [-0.05, 0) is 31.2 Å². The van der Waals surface area contributed by atoms with Crippen LogP contribution in [0.1, 0.15) is 41.8 Å². The summed E-state index contributed by atoms with van der Waals surface area (Å²) in [5.74, 6) is -1.08. The van der Waals surface area contributed by atoms with Gasteiger partial charge in [-0.1, -0.05) is 35.9 Å². The number of hydrogen-bond donors (Lipinski definition) is 0. The number of amides is 2. The molecule has 0 N–H and O–H groups in total. The summed E-state index contributed by atoms with van der Waals surface area (Å²) in [6, 6.07) is 13.4. The minimum absolute atomic E-state index is 0.192. The Balaban J connectivity index is 1.79. The highest BCUT2D eigenvalue weighted by molar-refractivity contribution is 6.31. The standard InChI is InChI=1S/C19H16ClNO4/c1-12(15-7-2-3-8-16(15)20)25-19(24)13-5-4-6-14(11-13)21-17(22)9-10-18(21)23/h2-8,11-12H,9-10H2,1H3/t12-/m0/s1. The molecule has 0 aromatic heterocycles. The van der Waals surface area contributed by atoms with E-state index in [4.69, 9.17) is 16.3 Å². The first-order valence-corrected chi connectivity index (χ1v) is 8.26. The Morgan fingerprint density at radius 3 is 2.44 bits per heavy atom. The maximum Gasteiger partial charge on any atom is 0.338 e. The third-order valence-electron chi connectivity index (χ3n) is 4.02. The fraction of sp³-hybridized carbons (Fsp3) is 0.211. The van der Waals surface area contributed by atoms with E-state index in [9.17, 15) is 14.4 Å². The molecule has 1 aliphatic heterocycles. The summed E-state index contributed by atoms with van der Waals surface area (Å²) < 4.78 is 5.46. The molecule has 2 aromatic carbocycles. The maximum absolute atomic E-state index is 12.4. The van der Waals surface area contributed by atoms with Gasteiger partial charge in [0.15, 0.2) is 0 Å². The SMILES string of the molecule is C[C@H](OC(=O)c1cccc(N2C(=O)CCC2=O)c1)c1ccccc1Cl. The van der Waals surface area contributed by atoms with Gasteiger partial charge in [0, 0.05) is 23.4 Å². The number of rotatable bonds is 4. The predicted octanol–water partition coefficient (Wildman–Crippen LogP) is 3.91. The van der Waals surface area contributed by atoms with Gasteiger partial charge < -0.3 is 4.74 Å². The van der Waals surface area contributed by atoms with Gasteiger partial charge >= 0.3 is 5.97 Å². The smallest absolute Gasteiger partial charge is 0.338 e. The van der Waals surface area contributed by atoms with E-state index in [1.807, 2.05) is 6.07 Å². The highest BCUT2D eigenvalue weighted by Gasteiger charge is 2.30. The number of hydrogen-bond acceptors (Lipinski definition) is 4. The molecule has 0 radical (unpaired) electrons. The van der Waals surface area contributed by atoms with Crippen LogP contribution in [-0.2, 0) is 14.3 Å². The Kier molecular flexibility index (Phi) is 4.86. The Hall–Kier alpha value is -2.66. The zero-order valence-corrected chi connectivity index (χ0v) is 14.3. The first kappa shape index (κ1) is 17.2. The van der Waals surface area contributed by atoms with E-state index in [2.05, 4.69) is 0 Å². The summed E-state index contributed by atoms with van der Waals surface area (Å²) in [7, 11) is 0. The molecule has 1 saturated heterocycles. The number of carbonyl (C=O) groups excluding carboxylic acids is 3. The molecule has 2 aromatic rings. The molecule has 0 spiro atoms. The summed E-state index contributed by atoms with van der Waals surface area (Å²) in [6.07, 6.45) is -0.145. The van der Waals surface area contributed by atoms with E-state index in [1.54, 1.807) is 43.3 Å². The van der Waals surface area contributed by atoms with Gasteiger partial charge in [0.05, 0.1) is 11.3 Å². The zero-order valence-electron chi connectivity index (χ0n) is 13.6. The van der Waals surface area contributed by atoms with Crippen molar-refractivity contribution in [1.29, 1.82) is 0 Å². The molecule has 128 valence electrons. The Morgan fingerprint density at radius 1 is 1.08 bits per heavy atom. The average Bonchev–Trinajstić information content (AvgIpc) is 2.94. The second-order valence-corrected chi connectivity index (χ2v) is 6.15. The van der Waals surface area contributed by atoms with Gasteiger partial charge in [-0.2, -0.15) is 0 Å². The fourth-order valence-electron chi connectivity index (χ4n) is 2.73. The Morgan fingerprint density at radius 2 is 1.76 bits per heavy atom. The molecule has 0 bridgehead atoms. The number of carbonyl (C=O) groups is 3. The molecule has 3 rings (SSSR count). The van der Waals surface area contributed by atoms with Gasteiger partial charge in [0.1, 0.15) is 6.10 Å². The van der Waals surface area contributed by atoms with E-state index in [0.717, 1.165) is 4.90 Å². The monoisotopic (exact) mass is 357 g/mol. The van der Waals surface area contributed by atoms with Crippen LogP contribution in [-0.4, -0.2) is 17.8 Å². The summed E-state index contributed by atoms with van der Waals surface area (Å²) in [4.78, 5) is 37.2. The van der Waals surface area contributed by atoms with Crippen molar-refractivity contribution in [2.75, 3.05) is 4.90 Å². The second-order valence-electron chi connectivity index (χ2n) is 5.74. The summed E-state index contributed by atoms with van der Waals surface area (Å²) in [5, 5.41) is 0.518. The van der Waals surface area contributed by atoms with Crippen molar-refractivity contribution in [2.45, 2.75) is 25.9 Å². The molecule has 1 fully saturated rings. The molecular formula is C19H16ClNO4. The third-order valence-corrected chi connectivity index (χ3v) is 4.36. The quantitative estimate of drug-likeness (QED) is 0.614. The number of imide groups is 1. The maximum atomic E-state index is 12.4. The van der Waals surface area contributed by atoms with Crippen molar-refractivity contribution < 1.29 is 19.1 Å². The number of esters is 1. The highest BCUT2D eigenvalue weighted by atomic mass is 35.5. The van der Waals surface area contributed by atoms with Gasteiger partial charge in [0.25, 0.3) is 0 Å². The molecular weight excluding hydrogens is 342 g/mol. The molecule has 5 nitrogen and oxygen atoms in total. The fourth-order valence-corrected chi connectivity index (χ4v) is 3.02. The highest BCUT2D eigenvalue weighted by Crippen LogP contribution is 2.27. The normalized spacial score (nSPS) is 15.4. The predicted molar refractivity (Wildman–Crippen MR) is 93.5 cm³/mol. The van der Waals surface area contributed by atoms with Crippen LogP contribution in [0.15, 0.2) is 48.5 Å². The largest absolute Gasteiger partial charge is 0.454 e. The van der Waals surface area contributed by atoms with Gasteiger partial charge in [-0.3, -0.25) is 14.5 Å². The molecule has 1 aliphatic rings. The van der Waals surface area contributed by atoms with Crippen molar-refractivity contribution in [3.63, 3.8) is 0 Å². The lowest BCUT2D eigenvalue weighted by Gasteiger charge is -2.17. The number of halogens is 1. The molecule has 6 heteroatoms. The average molecular weight is 358 g/mol. The van der Waals surface area contributed by atoms with Crippen molar-refractivity contribution in [3.05, 3.63) is 64.7 Å². The topological polar surface area (TPSA) is 63.7 Å². The van der Waals surface area contributed by atoms with Crippen LogP contribution in [0.2, 0.25) is 5.02 Å². The van der Waals surface area contributed by atoms with Crippen LogP contribution in [0.4, 0.5) is 5.69 Å². The van der Waals surface area contributed by atoms with E-state index < -0.39 is 12.1 Å². The lowest BCUT2D eigenvalue weighted by atomic mass is 10.1. The van der Waals surface area contributed by atoms with Crippen molar-refractivity contribution >= 4 is 35.1 Å². The lowest BCUT2D eigenvalue weighted by molar-refractivity contribution is -0.121. The van der Waals surface area contributed by atoms with Crippen LogP contribution in [0.3, 0.4) is 0 Å². The molecule has 0 aliphatic carbocycles. The number of anilines is 1.